The highest BCUT2D eigenvalue weighted by Gasteiger charge is 2.51. The second kappa shape index (κ2) is 7.13. The summed E-state index contributed by atoms with van der Waals surface area (Å²) in [6.07, 6.45) is 15.3. The van der Waals surface area contributed by atoms with E-state index in [4.69, 9.17) is 5.73 Å². The zero-order valence-corrected chi connectivity index (χ0v) is 15.5. The van der Waals surface area contributed by atoms with Crippen LogP contribution in [0.25, 0.3) is 0 Å². The third kappa shape index (κ3) is 3.25. The molecule has 0 bridgehead atoms. The third-order valence-corrected chi connectivity index (χ3v) is 7.76. The van der Waals surface area contributed by atoms with Gasteiger partial charge in [0.15, 0.2) is 0 Å². The molecule has 1 aromatic carbocycles. The highest BCUT2D eigenvalue weighted by atomic mass is 16.1. The van der Waals surface area contributed by atoms with Gasteiger partial charge in [-0.15, -0.1) is 0 Å². The molecule has 0 radical (unpaired) electrons. The number of nitrogens with two attached hydrogens (primary N) is 1. The quantitative estimate of drug-likeness (QED) is 0.698. The molecule has 0 spiro atoms. The van der Waals surface area contributed by atoms with E-state index in [2.05, 4.69) is 24.3 Å². The highest BCUT2D eigenvalue weighted by molar-refractivity contribution is 5.73. The molecule has 0 heterocycles. The van der Waals surface area contributed by atoms with Crippen LogP contribution in [0.4, 0.5) is 0 Å². The molecule has 0 unspecified atom stereocenters. The van der Waals surface area contributed by atoms with Gasteiger partial charge in [0.2, 0.25) is 5.91 Å². The lowest BCUT2D eigenvalue weighted by atomic mass is 9.54. The normalized spacial score (nSPS) is 33.4. The molecule has 0 aromatic heterocycles. The van der Waals surface area contributed by atoms with E-state index in [0.717, 1.165) is 24.2 Å². The molecule has 136 valence electrons. The molecule has 1 aromatic rings. The van der Waals surface area contributed by atoms with Crippen molar-refractivity contribution in [1.82, 2.24) is 0 Å². The second-order valence-electron chi connectivity index (χ2n) is 8.93. The minimum atomic E-state index is -0.140. The summed E-state index contributed by atoms with van der Waals surface area (Å²) >= 11 is 0. The van der Waals surface area contributed by atoms with Crippen molar-refractivity contribution in [2.45, 2.75) is 83.0 Å². The van der Waals surface area contributed by atoms with Crippen LogP contribution in [0, 0.1) is 17.3 Å². The van der Waals surface area contributed by atoms with Crippen molar-refractivity contribution in [1.29, 1.82) is 0 Å². The Morgan fingerprint density at radius 2 is 1.96 bits per heavy atom. The second-order valence-corrected chi connectivity index (χ2v) is 8.93. The van der Waals surface area contributed by atoms with Crippen molar-refractivity contribution in [3.63, 3.8) is 0 Å². The molecule has 1 amide bonds. The zero-order chi connectivity index (χ0) is 17.3. The molecule has 2 heteroatoms. The number of hydrogen-bond acceptors (Lipinski definition) is 1. The average molecular weight is 340 g/mol. The maximum atomic E-state index is 10.9. The summed E-state index contributed by atoms with van der Waals surface area (Å²) in [7, 11) is 0. The summed E-state index contributed by atoms with van der Waals surface area (Å²) < 4.78 is 0. The third-order valence-electron chi connectivity index (χ3n) is 7.76. The molecule has 3 aliphatic carbocycles. The summed E-state index contributed by atoms with van der Waals surface area (Å²) in [5.74, 6) is 2.57. The maximum Gasteiger partial charge on any atom is 0.217 e. The van der Waals surface area contributed by atoms with Crippen LogP contribution < -0.4 is 5.73 Å². The molecule has 0 aliphatic heterocycles. The molecule has 2 saturated carbocycles. The van der Waals surface area contributed by atoms with Crippen molar-refractivity contribution >= 4 is 5.91 Å². The fraction of sp³-hybridized carbons (Fsp3) is 0.696. The van der Waals surface area contributed by atoms with Crippen molar-refractivity contribution in [3.8, 4) is 0 Å². The van der Waals surface area contributed by atoms with Gasteiger partial charge in [0.1, 0.15) is 0 Å². The van der Waals surface area contributed by atoms with Gasteiger partial charge in [-0.3, -0.25) is 4.79 Å². The summed E-state index contributed by atoms with van der Waals surface area (Å²) in [4.78, 5) is 10.9. The Hall–Kier alpha value is -1.31. The number of hydrogen-bond donors (Lipinski definition) is 1. The molecule has 4 rings (SSSR count). The van der Waals surface area contributed by atoms with Gasteiger partial charge in [-0.1, -0.05) is 43.5 Å². The molecule has 0 saturated heterocycles. The van der Waals surface area contributed by atoms with Crippen LogP contribution in [0.1, 0.15) is 87.7 Å². The van der Waals surface area contributed by atoms with Gasteiger partial charge >= 0.3 is 0 Å². The van der Waals surface area contributed by atoms with Crippen molar-refractivity contribution in [3.05, 3.63) is 35.4 Å². The van der Waals surface area contributed by atoms with E-state index in [1.54, 1.807) is 11.1 Å². The molecular formula is C23H33NO. The monoisotopic (exact) mass is 339 g/mol. The number of unbranched alkanes of at least 4 members (excludes halogenated alkanes) is 2. The number of carbonyl (C=O) groups is 1. The van der Waals surface area contributed by atoms with Gasteiger partial charge in [-0.2, -0.15) is 0 Å². The first kappa shape index (κ1) is 17.1. The Bertz CT molecular complexity index is 624. The van der Waals surface area contributed by atoms with Crippen molar-refractivity contribution in [2.24, 2.45) is 23.0 Å². The molecule has 2 N–H and O–H groups in total. The Balaban J connectivity index is 1.43. The molecule has 4 atom stereocenters. The number of carbonyl (C=O) groups excluding carboxylic acids is 1. The number of aryl methyl sites for hydroxylation is 1. The first-order valence-corrected chi connectivity index (χ1v) is 10.6. The van der Waals surface area contributed by atoms with Crippen LogP contribution >= 0.6 is 0 Å². The van der Waals surface area contributed by atoms with Crippen LogP contribution in [0.15, 0.2) is 24.3 Å². The predicted molar refractivity (Wildman–Crippen MR) is 102 cm³/mol. The standard InChI is InChI=1S/C23H33NO/c24-22(25)10-2-1-5-14-23-15-6-9-21(23)20-12-11-17-7-3-4-8-18(17)19(20)13-16-23/h3-4,7-8,19-21H,1-2,5-6,9-16H2,(H2,24,25)/t19-,20-,21+,23+/m1/s1. The number of amides is 1. The first-order valence-electron chi connectivity index (χ1n) is 10.6. The van der Waals surface area contributed by atoms with Gasteiger partial charge in [0.25, 0.3) is 0 Å². The highest BCUT2D eigenvalue weighted by Crippen LogP contribution is 2.62. The lowest BCUT2D eigenvalue weighted by Gasteiger charge is -2.51. The molecule has 2 nitrogen and oxygen atoms in total. The van der Waals surface area contributed by atoms with Crippen molar-refractivity contribution < 1.29 is 4.79 Å². The Morgan fingerprint density at radius 1 is 1.08 bits per heavy atom. The van der Waals surface area contributed by atoms with Crippen LogP contribution in [0.3, 0.4) is 0 Å². The lowest BCUT2D eigenvalue weighted by Crippen LogP contribution is -2.41. The minimum Gasteiger partial charge on any atom is -0.370 e. The van der Waals surface area contributed by atoms with Gasteiger partial charge < -0.3 is 5.73 Å². The number of fused-ring (bicyclic) bond motifs is 5. The van der Waals surface area contributed by atoms with E-state index in [-0.39, 0.29) is 5.91 Å². The lowest BCUT2D eigenvalue weighted by molar-refractivity contribution is -0.118. The first-order chi connectivity index (χ1) is 12.2. The predicted octanol–water partition coefficient (Wildman–Crippen LogP) is 5.35. The molecule has 3 aliphatic rings. The van der Waals surface area contributed by atoms with E-state index in [0.29, 0.717) is 11.8 Å². The minimum absolute atomic E-state index is 0.140. The number of primary amides is 1. The molecule has 25 heavy (non-hydrogen) atoms. The fourth-order valence-electron chi connectivity index (χ4n) is 6.70. The Morgan fingerprint density at radius 3 is 2.84 bits per heavy atom. The SMILES string of the molecule is NC(=O)CCCCC[C@@]12CCC[C@H]1[C@@H]1CCc3ccccc3[C@H]1CC2. The van der Waals surface area contributed by atoms with Gasteiger partial charge in [-0.25, -0.2) is 0 Å². The zero-order valence-electron chi connectivity index (χ0n) is 15.5. The van der Waals surface area contributed by atoms with Crippen LogP contribution in [0.5, 0.6) is 0 Å². The van der Waals surface area contributed by atoms with E-state index < -0.39 is 0 Å². The maximum absolute atomic E-state index is 10.9. The van der Waals surface area contributed by atoms with Crippen molar-refractivity contribution in [2.75, 3.05) is 0 Å². The van der Waals surface area contributed by atoms with Crippen LogP contribution in [-0.4, -0.2) is 5.91 Å². The Kier molecular flexibility index (Phi) is 4.88. The smallest absolute Gasteiger partial charge is 0.217 e. The fourth-order valence-corrected chi connectivity index (χ4v) is 6.70. The van der Waals surface area contributed by atoms with Gasteiger partial charge in [0, 0.05) is 6.42 Å². The Labute approximate surface area is 152 Å². The summed E-state index contributed by atoms with van der Waals surface area (Å²) in [5, 5.41) is 0. The van der Waals surface area contributed by atoms with E-state index in [1.165, 1.54) is 64.2 Å². The largest absolute Gasteiger partial charge is 0.370 e. The van der Waals surface area contributed by atoms with Gasteiger partial charge in [-0.05, 0) is 85.7 Å². The van der Waals surface area contributed by atoms with Crippen LogP contribution in [-0.2, 0) is 11.2 Å². The summed E-state index contributed by atoms with van der Waals surface area (Å²) in [6.45, 7) is 0. The van der Waals surface area contributed by atoms with Gasteiger partial charge in [0.05, 0.1) is 0 Å². The topological polar surface area (TPSA) is 43.1 Å². The average Bonchev–Trinajstić information content (AvgIpc) is 3.05. The summed E-state index contributed by atoms with van der Waals surface area (Å²) in [5.41, 5.74) is 9.21. The van der Waals surface area contributed by atoms with E-state index in [9.17, 15) is 4.79 Å². The van der Waals surface area contributed by atoms with E-state index >= 15 is 0 Å². The molecule has 2 fully saturated rings. The number of benzene rings is 1. The molecular weight excluding hydrogens is 306 g/mol. The van der Waals surface area contributed by atoms with Crippen LogP contribution in [0.2, 0.25) is 0 Å². The number of rotatable bonds is 6. The van der Waals surface area contributed by atoms with E-state index in [1.807, 2.05) is 0 Å². The summed E-state index contributed by atoms with van der Waals surface area (Å²) in [6, 6.07) is 9.24.